The molecule has 0 unspecified atom stereocenters. The van der Waals surface area contributed by atoms with Gasteiger partial charge in [0.15, 0.2) is 0 Å². The number of likely N-dealkylation sites (N-methyl/N-ethyl adjacent to an activating group) is 1. The van der Waals surface area contributed by atoms with Crippen LogP contribution in [0.2, 0.25) is 0 Å². The molecule has 0 amide bonds. The monoisotopic (exact) mass is 298 g/mol. The molecule has 0 saturated carbocycles. The summed E-state index contributed by atoms with van der Waals surface area (Å²) in [6.07, 6.45) is 0. The van der Waals surface area contributed by atoms with E-state index in [1.807, 2.05) is 12.1 Å². The highest BCUT2D eigenvalue weighted by Gasteiger charge is 2.04. The zero-order chi connectivity index (χ0) is 16.3. The Labute approximate surface area is 124 Å². The van der Waals surface area contributed by atoms with Gasteiger partial charge in [0.2, 0.25) is 0 Å². The van der Waals surface area contributed by atoms with Gasteiger partial charge < -0.3 is 25.2 Å². The van der Waals surface area contributed by atoms with Crippen LogP contribution in [0.5, 0.6) is 5.75 Å². The maximum absolute atomic E-state index is 9.10. The van der Waals surface area contributed by atoms with Gasteiger partial charge in [-0.25, -0.2) is 9.59 Å². The quantitative estimate of drug-likeness (QED) is 0.519. The number of nitrogens with one attached hydrogen (secondary N) is 1. The summed E-state index contributed by atoms with van der Waals surface area (Å²) in [6, 6.07) is 8.14. The van der Waals surface area contributed by atoms with Gasteiger partial charge in [0.1, 0.15) is 5.75 Å². The second kappa shape index (κ2) is 10.6. The van der Waals surface area contributed by atoms with Crippen molar-refractivity contribution in [1.29, 1.82) is 0 Å². The van der Waals surface area contributed by atoms with E-state index in [9.17, 15) is 0 Å². The Morgan fingerprint density at radius 1 is 1.24 bits per heavy atom. The fourth-order valence-corrected chi connectivity index (χ4v) is 1.32. The van der Waals surface area contributed by atoms with Crippen molar-refractivity contribution in [3.63, 3.8) is 0 Å². The van der Waals surface area contributed by atoms with Gasteiger partial charge in [-0.3, -0.25) is 0 Å². The largest absolute Gasteiger partial charge is 0.497 e. The van der Waals surface area contributed by atoms with Gasteiger partial charge >= 0.3 is 11.9 Å². The van der Waals surface area contributed by atoms with Gasteiger partial charge in [0.25, 0.3) is 0 Å². The van der Waals surface area contributed by atoms with E-state index in [1.54, 1.807) is 7.11 Å². The number of rotatable bonds is 6. The molecule has 21 heavy (non-hydrogen) atoms. The summed E-state index contributed by atoms with van der Waals surface area (Å²) < 4.78 is 5.16. The zero-order valence-corrected chi connectivity index (χ0v) is 12.5. The van der Waals surface area contributed by atoms with Gasteiger partial charge in [0, 0.05) is 19.6 Å². The van der Waals surface area contributed by atoms with Gasteiger partial charge in [-0.05, 0) is 31.8 Å². The summed E-state index contributed by atoms with van der Waals surface area (Å²) in [5.41, 5.74) is 1.26. The van der Waals surface area contributed by atoms with E-state index >= 15 is 0 Å². The number of hydrogen-bond donors (Lipinski definition) is 3. The first-order chi connectivity index (χ1) is 9.86. The number of hydrogen-bond acceptors (Lipinski definition) is 5. The van der Waals surface area contributed by atoms with E-state index in [-0.39, 0.29) is 0 Å². The van der Waals surface area contributed by atoms with Crippen molar-refractivity contribution in [2.24, 2.45) is 0 Å². The smallest absolute Gasteiger partial charge is 0.414 e. The average molecular weight is 298 g/mol. The molecule has 0 spiro atoms. The molecule has 1 rings (SSSR count). The minimum Gasteiger partial charge on any atom is -0.497 e. The minimum absolute atomic E-state index is 0.894. The van der Waals surface area contributed by atoms with E-state index in [1.165, 1.54) is 5.56 Å². The van der Waals surface area contributed by atoms with Crippen LogP contribution in [0.15, 0.2) is 24.3 Å². The van der Waals surface area contributed by atoms with Crippen molar-refractivity contribution in [2.75, 3.05) is 34.3 Å². The highest BCUT2D eigenvalue weighted by atomic mass is 16.5. The molecule has 1 aromatic rings. The van der Waals surface area contributed by atoms with Crippen LogP contribution in [-0.2, 0) is 16.1 Å². The Hall–Kier alpha value is -2.12. The molecule has 0 bridgehead atoms. The number of carboxylic acid groups (broad SMARTS) is 2. The number of carbonyl (C=O) groups is 2. The summed E-state index contributed by atoms with van der Waals surface area (Å²) in [4.78, 5) is 20.4. The van der Waals surface area contributed by atoms with E-state index in [0.29, 0.717) is 0 Å². The molecule has 0 radical (unpaired) electrons. The van der Waals surface area contributed by atoms with E-state index in [0.717, 1.165) is 25.4 Å². The van der Waals surface area contributed by atoms with Crippen molar-refractivity contribution < 1.29 is 24.5 Å². The number of aliphatic carboxylic acids is 2. The van der Waals surface area contributed by atoms with Crippen LogP contribution in [0, 0.1) is 0 Å². The molecule has 0 heterocycles. The third-order valence-electron chi connectivity index (χ3n) is 2.38. The molecule has 1 aromatic carbocycles. The molecule has 0 atom stereocenters. The summed E-state index contributed by atoms with van der Waals surface area (Å²) >= 11 is 0. The highest BCUT2D eigenvalue weighted by Crippen LogP contribution is 2.11. The number of benzene rings is 1. The van der Waals surface area contributed by atoms with Crippen molar-refractivity contribution in [2.45, 2.75) is 6.54 Å². The normalized spacial score (nSPS) is 9.71. The number of carboxylic acids is 2. The predicted octanol–water partition coefficient (Wildman–Crippen LogP) is 0.502. The van der Waals surface area contributed by atoms with Crippen LogP contribution < -0.4 is 10.1 Å². The lowest BCUT2D eigenvalue weighted by atomic mass is 10.2. The van der Waals surface area contributed by atoms with Crippen molar-refractivity contribution >= 4 is 11.9 Å². The summed E-state index contributed by atoms with van der Waals surface area (Å²) in [7, 11) is 5.85. The Morgan fingerprint density at radius 3 is 2.33 bits per heavy atom. The predicted molar refractivity (Wildman–Crippen MR) is 78.5 cm³/mol. The summed E-state index contributed by atoms with van der Waals surface area (Å²) in [5.74, 6) is -2.73. The molecular weight excluding hydrogens is 276 g/mol. The topological polar surface area (TPSA) is 99.1 Å². The molecule has 0 aliphatic heterocycles. The fraction of sp³-hybridized carbons (Fsp3) is 0.429. The first kappa shape index (κ1) is 18.9. The van der Waals surface area contributed by atoms with Crippen LogP contribution in [0.3, 0.4) is 0 Å². The van der Waals surface area contributed by atoms with Crippen molar-refractivity contribution in [1.82, 2.24) is 10.2 Å². The Bertz CT molecular complexity index is 437. The average Bonchev–Trinajstić information content (AvgIpc) is 2.44. The maximum atomic E-state index is 9.10. The standard InChI is InChI=1S/C12H20N2O.C2H2O4/c1-14(2)8-7-13-10-11-5-4-6-12(9-11)15-3;3-1(4)2(5)6/h4-6,9,13H,7-8,10H2,1-3H3;(H,3,4)(H,5,6). The van der Waals surface area contributed by atoms with Gasteiger partial charge in [0.05, 0.1) is 7.11 Å². The fourth-order valence-electron chi connectivity index (χ4n) is 1.32. The highest BCUT2D eigenvalue weighted by molar-refractivity contribution is 6.27. The second-order valence-corrected chi connectivity index (χ2v) is 4.44. The molecule has 0 aliphatic carbocycles. The third kappa shape index (κ3) is 10.3. The summed E-state index contributed by atoms with van der Waals surface area (Å²) in [5, 5.41) is 18.2. The third-order valence-corrected chi connectivity index (χ3v) is 2.38. The Morgan fingerprint density at radius 2 is 1.86 bits per heavy atom. The van der Waals surface area contributed by atoms with Crippen LogP contribution in [0.1, 0.15) is 5.56 Å². The first-order valence-corrected chi connectivity index (χ1v) is 6.31. The van der Waals surface area contributed by atoms with Gasteiger partial charge in [-0.2, -0.15) is 0 Å². The first-order valence-electron chi connectivity index (χ1n) is 6.31. The van der Waals surface area contributed by atoms with E-state index in [2.05, 4.69) is 36.4 Å². The lowest BCUT2D eigenvalue weighted by molar-refractivity contribution is -0.159. The Kier molecular flexibility index (Phi) is 9.57. The van der Waals surface area contributed by atoms with Gasteiger partial charge in [-0.1, -0.05) is 12.1 Å². The maximum Gasteiger partial charge on any atom is 0.414 e. The Balaban J connectivity index is 0.000000567. The van der Waals surface area contributed by atoms with Crippen LogP contribution >= 0.6 is 0 Å². The molecule has 0 aromatic heterocycles. The second-order valence-electron chi connectivity index (χ2n) is 4.44. The number of ether oxygens (including phenoxy) is 1. The van der Waals surface area contributed by atoms with Crippen molar-refractivity contribution in [3.8, 4) is 5.75 Å². The van der Waals surface area contributed by atoms with Crippen molar-refractivity contribution in [3.05, 3.63) is 29.8 Å². The van der Waals surface area contributed by atoms with E-state index in [4.69, 9.17) is 24.5 Å². The van der Waals surface area contributed by atoms with Crippen LogP contribution in [0.25, 0.3) is 0 Å². The molecule has 0 saturated heterocycles. The molecule has 0 fully saturated rings. The molecule has 7 heteroatoms. The molecule has 3 N–H and O–H groups in total. The lowest BCUT2D eigenvalue weighted by Gasteiger charge is -2.10. The number of nitrogens with zero attached hydrogens (tertiary/aromatic N) is 1. The molecule has 118 valence electrons. The zero-order valence-electron chi connectivity index (χ0n) is 12.5. The van der Waals surface area contributed by atoms with E-state index < -0.39 is 11.9 Å². The SMILES string of the molecule is COc1cccc(CNCCN(C)C)c1.O=C(O)C(=O)O. The minimum atomic E-state index is -1.82. The molecule has 0 aliphatic rings. The van der Waals surface area contributed by atoms with Crippen LogP contribution in [-0.4, -0.2) is 61.3 Å². The number of methoxy groups -OCH3 is 1. The molecule has 7 nitrogen and oxygen atoms in total. The van der Waals surface area contributed by atoms with Crippen LogP contribution in [0.4, 0.5) is 0 Å². The van der Waals surface area contributed by atoms with Gasteiger partial charge in [-0.15, -0.1) is 0 Å². The molecular formula is C14H22N2O5. The summed E-state index contributed by atoms with van der Waals surface area (Å²) in [6.45, 7) is 2.96. The lowest BCUT2D eigenvalue weighted by Crippen LogP contribution is -2.26.